The third-order valence-corrected chi connectivity index (χ3v) is 3.03. The fraction of sp³-hybridized carbons (Fsp3) is 0.200. The van der Waals surface area contributed by atoms with Gasteiger partial charge in [-0.3, -0.25) is 9.98 Å². The molecule has 0 amide bonds. The molecule has 1 aromatic carbocycles. The molecule has 1 unspecified atom stereocenters. The van der Waals surface area contributed by atoms with Gasteiger partial charge in [0.15, 0.2) is 0 Å². The van der Waals surface area contributed by atoms with Crippen LogP contribution in [0.1, 0.15) is 12.5 Å². The Bertz CT molecular complexity index is 558. The number of aliphatic imine (C=N–C) groups is 1. The highest BCUT2D eigenvalue weighted by atomic mass is 15.1. The van der Waals surface area contributed by atoms with Crippen LogP contribution in [0.2, 0.25) is 0 Å². The Hall–Kier alpha value is -2.16. The van der Waals surface area contributed by atoms with Crippen LogP contribution in [-0.2, 0) is 0 Å². The van der Waals surface area contributed by atoms with Gasteiger partial charge in [0.05, 0.1) is 12.2 Å². The molecule has 3 heteroatoms. The molecule has 0 spiro atoms. The molecule has 1 aromatic heterocycles. The average Bonchev–Trinajstić information content (AvgIpc) is 2.87. The lowest BCUT2D eigenvalue weighted by atomic mass is 10.1. The number of benzene rings is 1. The summed E-state index contributed by atoms with van der Waals surface area (Å²) in [7, 11) is 0. The van der Waals surface area contributed by atoms with E-state index in [0.29, 0.717) is 6.04 Å². The molecule has 1 atom stereocenters. The lowest BCUT2D eigenvalue weighted by Crippen LogP contribution is -2.27. The number of rotatable bonds is 2. The lowest BCUT2D eigenvalue weighted by molar-refractivity contribution is 0.726. The number of hydrogen-bond acceptors (Lipinski definition) is 3. The first-order valence-corrected chi connectivity index (χ1v) is 6.16. The fourth-order valence-electron chi connectivity index (χ4n) is 2.06. The zero-order valence-electron chi connectivity index (χ0n) is 10.3. The van der Waals surface area contributed by atoms with E-state index in [1.807, 2.05) is 24.4 Å². The summed E-state index contributed by atoms with van der Waals surface area (Å²) in [6.45, 7) is 3.00. The highest BCUT2D eigenvalue weighted by Crippen LogP contribution is 2.17. The van der Waals surface area contributed by atoms with Crippen molar-refractivity contribution in [3.63, 3.8) is 0 Å². The molecule has 90 valence electrons. The summed E-state index contributed by atoms with van der Waals surface area (Å²) in [5.41, 5.74) is 3.27. The first kappa shape index (κ1) is 11.0. The van der Waals surface area contributed by atoms with E-state index in [9.17, 15) is 0 Å². The number of nitrogens with zero attached hydrogens (tertiary/aromatic N) is 2. The van der Waals surface area contributed by atoms with Gasteiger partial charge in [0.1, 0.15) is 5.84 Å². The van der Waals surface area contributed by atoms with E-state index >= 15 is 0 Å². The first-order valence-electron chi connectivity index (χ1n) is 6.16. The second-order valence-electron chi connectivity index (χ2n) is 4.53. The Labute approximate surface area is 107 Å². The van der Waals surface area contributed by atoms with Gasteiger partial charge in [-0.05, 0) is 19.1 Å². The van der Waals surface area contributed by atoms with Crippen LogP contribution < -0.4 is 5.32 Å². The molecule has 3 nitrogen and oxygen atoms in total. The molecule has 1 aliphatic rings. The lowest BCUT2D eigenvalue weighted by Gasteiger charge is -2.07. The molecular weight excluding hydrogens is 222 g/mol. The summed E-state index contributed by atoms with van der Waals surface area (Å²) in [5.74, 6) is 0.995. The van der Waals surface area contributed by atoms with E-state index in [0.717, 1.165) is 29.2 Å². The summed E-state index contributed by atoms with van der Waals surface area (Å²) in [4.78, 5) is 8.82. The molecule has 18 heavy (non-hydrogen) atoms. The summed E-state index contributed by atoms with van der Waals surface area (Å²) in [6, 6.07) is 14.7. The largest absolute Gasteiger partial charge is 0.366 e. The van der Waals surface area contributed by atoms with Crippen molar-refractivity contribution >= 4 is 5.84 Å². The maximum absolute atomic E-state index is 4.48. The topological polar surface area (TPSA) is 37.3 Å². The normalized spacial score (nSPS) is 18.3. The van der Waals surface area contributed by atoms with Crippen molar-refractivity contribution < 1.29 is 0 Å². The molecule has 0 aliphatic carbocycles. The second-order valence-corrected chi connectivity index (χ2v) is 4.53. The highest BCUT2D eigenvalue weighted by Gasteiger charge is 2.13. The Balaban J connectivity index is 1.86. The van der Waals surface area contributed by atoms with Gasteiger partial charge in [0.25, 0.3) is 0 Å². The van der Waals surface area contributed by atoms with E-state index < -0.39 is 0 Å². The number of aromatic nitrogens is 1. The molecule has 0 saturated carbocycles. The van der Waals surface area contributed by atoms with Gasteiger partial charge in [-0.25, -0.2) is 0 Å². The minimum atomic E-state index is 0.440. The predicted octanol–water partition coefficient (Wildman–Crippen LogP) is 2.49. The molecular formula is C15H15N3. The molecule has 2 heterocycles. The maximum atomic E-state index is 4.48. The number of pyridine rings is 1. The Kier molecular flexibility index (Phi) is 2.81. The van der Waals surface area contributed by atoms with Crippen LogP contribution in [0.4, 0.5) is 0 Å². The zero-order chi connectivity index (χ0) is 12.4. The third-order valence-electron chi connectivity index (χ3n) is 3.03. The van der Waals surface area contributed by atoms with Crippen molar-refractivity contribution in [2.75, 3.05) is 6.54 Å². The minimum Gasteiger partial charge on any atom is -0.366 e. The van der Waals surface area contributed by atoms with Gasteiger partial charge < -0.3 is 5.32 Å². The zero-order valence-corrected chi connectivity index (χ0v) is 10.3. The molecule has 0 bridgehead atoms. The van der Waals surface area contributed by atoms with E-state index in [4.69, 9.17) is 0 Å². The van der Waals surface area contributed by atoms with E-state index in [1.54, 1.807) is 0 Å². The van der Waals surface area contributed by atoms with Crippen LogP contribution in [0, 0.1) is 0 Å². The second kappa shape index (κ2) is 4.61. The maximum Gasteiger partial charge on any atom is 0.128 e. The van der Waals surface area contributed by atoms with Gasteiger partial charge in [-0.2, -0.15) is 0 Å². The van der Waals surface area contributed by atoms with Crippen LogP contribution in [0.25, 0.3) is 11.3 Å². The molecule has 0 saturated heterocycles. The van der Waals surface area contributed by atoms with Gasteiger partial charge >= 0.3 is 0 Å². The average molecular weight is 237 g/mol. The van der Waals surface area contributed by atoms with Crippen molar-refractivity contribution in [3.05, 3.63) is 54.2 Å². The molecule has 0 radical (unpaired) electrons. The van der Waals surface area contributed by atoms with E-state index in [-0.39, 0.29) is 0 Å². The molecule has 1 N–H and O–H groups in total. The summed E-state index contributed by atoms with van der Waals surface area (Å²) in [6.07, 6.45) is 1.81. The van der Waals surface area contributed by atoms with Crippen molar-refractivity contribution in [3.8, 4) is 11.3 Å². The monoisotopic (exact) mass is 237 g/mol. The summed E-state index contributed by atoms with van der Waals surface area (Å²) in [5, 5.41) is 3.36. The number of hydrogen-bond donors (Lipinski definition) is 1. The quantitative estimate of drug-likeness (QED) is 0.871. The van der Waals surface area contributed by atoms with Crippen LogP contribution in [0.5, 0.6) is 0 Å². The Morgan fingerprint density at radius 3 is 2.44 bits per heavy atom. The highest BCUT2D eigenvalue weighted by molar-refractivity contribution is 6.00. The molecule has 0 fully saturated rings. The van der Waals surface area contributed by atoms with Crippen LogP contribution in [0.15, 0.2) is 53.7 Å². The van der Waals surface area contributed by atoms with Gasteiger partial charge in [0, 0.05) is 23.4 Å². The van der Waals surface area contributed by atoms with E-state index in [2.05, 4.69) is 46.5 Å². The summed E-state index contributed by atoms with van der Waals surface area (Å²) >= 11 is 0. The smallest absolute Gasteiger partial charge is 0.128 e. The first-order chi connectivity index (χ1) is 8.83. The molecule has 3 rings (SSSR count). The predicted molar refractivity (Wildman–Crippen MR) is 73.7 cm³/mol. The number of amidine groups is 1. The Morgan fingerprint density at radius 2 is 1.83 bits per heavy atom. The molecule has 1 aliphatic heterocycles. The van der Waals surface area contributed by atoms with Gasteiger partial charge in [-0.1, -0.05) is 30.3 Å². The van der Waals surface area contributed by atoms with Gasteiger partial charge in [0.2, 0.25) is 0 Å². The van der Waals surface area contributed by atoms with E-state index in [1.165, 1.54) is 0 Å². The molecule has 2 aromatic rings. The van der Waals surface area contributed by atoms with Crippen molar-refractivity contribution in [2.45, 2.75) is 13.0 Å². The minimum absolute atomic E-state index is 0.440. The SMILES string of the molecule is CC1CN=C(c2ccc(-c3ccccn3)cc2)N1. The van der Waals surface area contributed by atoms with Crippen LogP contribution in [-0.4, -0.2) is 23.4 Å². The van der Waals surface area contributed by atoms with Crippen molar-refractivity contribution in [1.82, 2.24) is 10.3 Å². The third kappa shape index (κ3) is 2.12. The standard InChI is InChI=1S/C15H15N3/c1-11-10-17-15(18-11)13-7-5-12(6-8-13)14-4-2-3-9-16-14/h2-9,11H,10H2,1H3,(H,17,18). The summed E-state index contributed by atoms with van der Waals surface area (Å²) < 4.78 is 0. The Morgan fingerprint density at radius 1 is 1.06 bits per heavy atom. The van der Waals surface area contributed by atoms with Crippen molar-refractivity contribution in [2.24, 2.45) is 4.99 Å². The fourth-order valence-corrected chi connectivity index (χ4v) is 2.06. The van der Waals surface area contributed by atoms with Gasteiger partial charge in [-0.15, -0.1) is 0 Å². The van der Waals surface area contributed by atoms with Crippen molar-refractivity contribution in [1.29, 1.82) is 0 Å². The van der Waals surface area contributed by atoms with Crippen LogP contribution in [0.3, 0.4) is 0 Å². The number of nitrogens with one attached hydrogen (secondary N) is 1. The van der Waals surface area contributed by atoms with Crippen LogP contribution >= 0.6 is 0 Å².